The molecule has 0 heterocycles. The summed E-state index contributed by atoms with van der Waals surface area (Å²) in [5.41, 5.74) is 1.07. The number of benzene rings is 1. The van der Waals surface area contributed by atoms with Gasteiger partial charge in [0.25, 0.3) is 0 Å². The summed E-state index contributed by atoms with van der Waals surface area (Å²) in [6.45, 7) is 2.54. The molecule has 84 valence electrons. The van der Waals surface area contributed by atoms with Gasteiger partial charge >= 0.3 is 0 Å². The van der Waals surface area contributed by atoms with Crippen molar-refractivity contribution in [2.45, 2.75) is 25.5 Å². The van der Waals surface area contributed by atoms with Crippen molar-refractivity contribution in [3.63, 3.8) is 0 Å². The maximum atomic E-state index is 9.22. The normalized spacial score (nSPS) is 14.9. The predicted octanol–water partition coefficient (Wildman–Crippen LogP) is 1.08. The molecular weight excluding hydrogens is 190 g/mol. The van der Waals surface area contributed by atoms with Crippen LogP contribution < -0.4 is 5.32 Å². The van der Waals surface area contributed by atoms with Crippen molar-refractivity contribution >= 4 is 0 Å². The van der Waals surface area contributed by atoms with Crippen LogP contribution in [0.1, 0.15) is 24.9 Å². The Labute approximate surface area is 90.8 Å². The number of nitrogens with one attached hydrogen (secondary N) is 1. The summed E-state index contributed by atoms with van der Waals surface area (Å²) in [4.78, 5) is 0. The van der Waals surface area contributed by atoms with E-state index in [4.69, 9.17) is 5.11 Å². The number of hydrogen-bond acceptors (Lipinski definition) is 3. The standard InChI is InChI=1S/C12H19NO2/c1-10(15)7-8-13-12(9-14)11-5-3-2-4-6-11/h2-6,10,12-15H,7-9H2,1H3. The lowest BCUT2D eigenvalue weighted by Gasteiger charge is -2.17. The fraction of sp³-hybridized carbons (Fsp3) is 0.500. The van der Waals surface area contributed by atoms with Gasteiger partial charge in [-0.3, -0.25) is 0 Å². The highest BCUT2D eigenvalue weighted by atomic mass is 16.3. The second kappa shape index (κ2) is 6.56. The van der Waals surface area contributed by atoms with Crippen LogP contribution in [0.5, 0.6) is 0 Å². The summed E-state index contributed by atoms with van der Waals surface area (Å²) in [7, 11) is 0. The van der Waals surface area contributed by atoms with E-state index in [0.717, 1.165) is 5.56 Å². The molecule has 0 aliphatic carbocycles. The van der Waals surface area contributed by atoms with Crippen LogP contribution in [-0.4, -0.2) is 29.5 Å². The first kappa shape index (κ1) is 12.2. The smallest absolute Gasteiger partial charge is 0.0626 e. The Hall–Kier alpha value is -0.900. The number of rotatable bonds is 6. The minimum absolute atomic E-state index is 0.0371. The molecule has 0 aliphatic heterocycles. The molecule has 0 amide bonds. The van der Waals surface area contributed by atoms with Gasteiger partial charge in [0.05, 0.1) is 18.8 Å². The Morgan fingerprint density at radius 1 is 1.27 bits per heavy atom. The van der Waals surface area contributed by atoms with E-state index < -0.39 is 0 Å². The molecule has 0 aliphatic rings. The molecule has 1 rings (SSSR count). The minimum atomic E-state index is -0.299. The van der Waals surface area contributed by atoms with E-state index >= 15 is 0 Å². The van der Waals surface area contributed by atoms with Gasteiger partial charge in [0.15, 0.2) is 0 Å². The summed E-state index contributed by atoms with van der Waals surface area (Å²) < 4.78 is 0. The lowest BCUT2D eigenvalue weighted by Crippen LogP contribution is -2.27. The molecule has 3 nitrogen and oxygen atoms in total. The monoisotopic (exact) mass is 209 g/mol. The quantitative estimate of drug-likeness (QED) is 0.657. The largest absolute Gasteiger partial charge is 0.394 e. The van der Waals surface area contributed by atoms with Gasteiger partial charge in [0.2, 0.25) is 0 Å². The zero-order valence-electron chi connectivity index (χ0n) is 9.06. The summed E-state index contributed by atoms with van der Waals surface area (Å²) in [6, 6.07) is 9.79. The van der Waals surface area contributed by atoms with Crippen LogP contribution in [0.4, 0.5) is 0 Å². The lowest BCUT2D eigenvalue weighted by molar-refractivity contribution is 0.177. The second-order valence-corrected chi connectivity index (χ2v) is 3.74. The molecule has 3 heteroatoms. The van der Waals surface area contributed by atoms with Gasteiger partial charge in [-0.1, -0.05) is 30.3 Å². The Bertz CT molecular complexity index is 262. The lowest BCUT2D eigenvalue weighted by atomic mass is 10.1. The molecule has 2 unspecified atom stereocenters. The van der Waals surface area contributed by atoms with Crippen LogP contribution in [0.25, 0.3) is 0 Å². The van der Waals surface area contributed by atoms with Crippen molar-refractivity contribution in [2.24, 2.45) is 0 Å². The number of hydrogen-bond donors (Lipinski definition) is 3. The van der Waals surface area contributed by atoms with E-state index in [9.17, 15) is 5.11 Å². The van der Waals surface area contributed by atoms with Crippen molar-refractivity contribution in [3.8, 4) is 0 Å². The Balaban J connectivity index is 2.43. The molecule has 0 bridgehead atoms. The first-order valence-corrected chi connectivity index (χ1v) is 5.31. The third-order valence-electron chi connectivity index (χ3n) is 2.34. The zero-order valence-corrected chi connectivity index (χ0v) is 9.06. The van der Waals surface area contributed by atoms with Gasteiger partial charge in [0.1, 0.15) is 0 Å². The van der Waals surface area contributed by atoms with E-state index in [-0.39, 0.29) is 18.8 Å². The molecule has 0 fully saturated rings. The van der Waals surface area contributed by atoms with Crippen LogP contribution in [0, 0.1) is 0 Å². The van der Waals surface area contributed by atoms with E-state index in [0.29, 0.717) is 13.0 Å². The van der Waals surface area contributed by atoms with E-state index in [1.807, 2.05) is 30.3 Å². The first-order chi connectivity index (χ1) is 7.24. The van der Waals surface area contributed by atoms with Crippen LogP contribution in [0.15, 0.2) is 30.3 Å². The highest BCUT2D eigenvalue weighted by Crippen LogP contribution is 2.11. The molecule has 3 N–H and O–H groups in total. The topological polar surface area (TPSA) is 52.5 Å². The maximum Gasteiger partial charge on any atom is 0.0626 e. The molecular formula is C12H19NO2. The molecule has 2 atom stereocenters. The van der Waals surface area contributed by atoms with Gasteiger partial charge in [-0.25, -0.2) is 0 Å². The molecule has 1 aromatic rings. The maximum absolute atomic E-state index is 9.22. The van der Waals surface area contributed by atoms with Crippen LogP contribution in [-0.2, 0) is 0 Å². The zero-order chi connectivity index (χ0) is 11.1. The average molecular weight is 209 g/mol. The van der Waals surface area contributed by atoms with Gasteiger partial charge in [-0.05, 0) is 25.5 Å². The predicted molar refractivity (Wildman–Crippen MR) is 60.6 cm³/mol. The van der Waals surface area contributed by atoms with Gasteiger partial charge in [-0.2, -0.15) is 0 Å². The summed E-state index contributed by atoms with van der Waals surface area (Å²) >= 11 is 0. The van der Waals surface area contributed by atoms with Crippen molar-refractivity contribution in [1.82, 2.24) is 5.32 Å². The second-order valence-electron chi connectivity index (χ2n) is 3.74. The molecule has 0 saturated heterocycles. The van der Waals surface area contributed by atoms with Crippen molar-refractivity contribution in [3.05, 3.63) is 35.9 Å². The van der Waals surface area contributed by atoms with Gasteiger partial charge in [-0.15, -0.1) is 0 Å². The molecule has 15 heavy (non-hydrogen) atoms. The first-order valence-electron chi connectivity index (χ1n) is 5.31. The van der Waals surface area contributed by atoms with Crippen LogP contribution in [0.3, 0.4) is 0 Å². The van der Waals surface area contributed by atoms with Crippen molar-refractivity contribution in [1.29, 1.82) is 0 Å². The van der Waals surface area contributed by atoms with E-state index in [1.54, 1.807) is 6.92 Å². The summed E-state index contributed by atoms with van der Waals surface area (Å²) in [6.07, 6.45) is 0.399. The van der Waals surface area contributed by atoms with Crippen molar-refractivity contribution in [2.75, 3.05) is 13.2 Å². The molecule has 0 spiro atoms. The van der Waals surface area contributed by atoms with E-state index in [1.165, 1.54) is 0 Å². The Kier molecular flexibility index (Phi) is 5.32. The third-order valence-corrected chi connectivity index (χ3v) is 2.34. The molecule has 0 aromatic heterocycles. The average Bonchev–Trinajstić information content (AvgIpc) is 2.25. The van der Waals surface area contributed by atoms with Crippen LogP contribution >= 0.6 is 0 Å². The highest BCUT2D eigenvalue weighted by Gasteiger charge is 2.08. The third kappa shape index (κ3) is 4.42. The summed E-state index contributed by atoms with van der Waals surface area (Å²) in [5, 5.41) is 21.5. The summed E-state index contributed by atoms with van der Waals surface area (Å²) in [5.74, 6) is 0. The van der Waals surface area contributed by atoms with E-state index in [2.05, 4.69) is 5.32 Å². The highest BCUT2D eigenvalue weighted by molar-refractivity contribution is 5.18. The number of aliphatic hydroxyl groups is 2. The molecule has 1 aromatic carbocycles. The Morgan fingerprint density at radius 3 is 2.47 bits per heavy atom. The fourth-order valence-electron chi connectivity index (χ4n) is 1.44. The molecule has 0 radical (unpaired) electrons. The SMILES string of the molecule is CC(O)CCNC(CO)c1ccccc1. The number of aliphatic hydroxyl groups excluding tert-OH is 2. The fourth-order valence-corrected chi connectivity index (χ4v) is 1.44. The minimum Gasteiger partial charge on any atom is -0.394 e. The van der Waals surface area contributed by atoms with Gasteiger partial charge < -0.3 is 15.5 Å². The Morgan fingerprint density at radius 2 is 1.93 bits per heavy atom. The van der Waals surface area contributed by atoms with Gasteiger partial charge in [0, 0.05) is 0 Å². The van der Waals surface area contributed by atoms with Crippen molar-refractivity contribution < 1.29 is 10.2 Å². The van der Waals surface area contributed by atoms with Crippen LogP contribution in [0.2, 0.25) is 0 Å². The molecule has 0 saturated carbocycles.